The molecule has 4 N–H and O–H groups in total. The second kappa shape index (κ2) is 6.21. The number of rotatable bonds is 5. The quantitative estimate of drug-likeness (QED) is 0.756. The van der Waals surface area contributed by atoms with Gasteiger partial charge in [0, 0.05) is 12.7 Å². The lowest BCUT2D eigenvalue weighted by atomic mass is 10.1. The molecule has 0 spiro atoms. The first-order valence-corrected chi connectivity index (χ1v) is 6.45. The Kier molecular flexibility index (Phi) is 4.37. The number of aryl methyl sites for hydroxylation is 1. The van der Waals surface area contributed by atoms with Crippen molar-refractivity contribution in [1.82, 2.24) is 15.1 Å². The highest BCUT2D eigenvalue weighted by atomic mass is 16.3. The number of nitrogens with one attached hydrogen (secondary N) is 1. The predicted octanol–water partition coefficient (Wildman–Crippen LogP) is 0.949. The Hall–Kier alpha value is -2.34. The van der Waals surface area contributed by atoms with Crippen LogP contribution in [0.5, 0.6) is 0 Å². The van der Waals surface area contributed by atoms with Crippen LogP contribution in [0.4, 0.5) is 5.69 Å². The second-order valence-electron chi connectivity index (χ2n) is 4.41. The molecule has 20 heavy (non-hydrogen) atoms. The zero-order valence-corrected chi connectivity index (χ0v) is 11.3. The normalized spacial score (nSPS) is 12.1. The summed E-state index contributed by atoms with van der Waals surface area (Å²) in [7, 11) is 0. The maximum atomic E-state index is 12.2. The van der Waals surface area contributed by atoms with Crippen molar-refractivity contribution < 1.29 is 9.90 Å². The van der Waals surface area contributed by atoms with Crippen LogP contribution in [0.2, 0.25) is 0 Å². The number of hydrogen-bond donors (Lipinski definition) is 3. The van der Waals surface area contributed by atoms with Gasteiger partial charge in [-0.15, -0.1) is 0 Å². The number of nitrogens with two attached hydrogens (primary N) is 1. The molecule has 0 radical (unpaired) electrons. The molecule has 1 heterocycles. The Morgan fingerprint density at radius 3 is 2.70 bits per heavy atom. The van der Waals surface area contributed by atoms with Crippen LogP contribution in [0.25, 0.3) is 0 Å². The number of anilines is 1. The van der Waals surface area contributed by atoms with Crippen molar-refractivity contribution in [3.8, 4) is 0 Å². The third-order valence-electron chi connectivity index (χ3n) is 3.02. The smallest absolute Gasteiger partial charge is 0.274 e. The van der Waals surface area contributed by atoms with Crippen molar-refractivity contribution >= 4 is 11.6 Å². The van der Waals surface area contributed by atoms with E-state index in [1.807, 2.05) is 37.3 Å². The first-order chi connectivity index (χ1) is 9.65. The molecule has 0 fully saturated rings. The molecule has 1 aromatic heterocycles. The highest BCUT2D eigenvalue weighted by molar-refractivity contribution is 5.97. The maximum absolute atomic E-state index is 12.2. The topological polar surface area (TPSA) is 93.2 Å². The van der Waals surface area contributed by atoms with E-state index in [0.29, 0.717) is 12.2 Å². The third-order valence-corrected chi connectivity index (χ3v) is 3.02. The zero-order chi connectivity index (χ0) is 14.5. The van der Waals surface area contributed by atoms with Crippen LogP contribution in [0.15, 0.2) is 36.5 Å². The lowest BCUT2D eigenvalue weighted by Gasteiger charge is -2.16. The van der Waals surface area contributed by atoms with Gasteiger partial charge in [-0.25, -0.2) is 0 Å². The number of nitrogens with zero attached hydrogens (tertiary/aromatic N) is 2. The molecular weight excluding hydrogens is 256 g/mol. The summed E-state index contributed by atoms with van der Waals surface area (Å²) < 4.78 is 1.60. The molecule has 0 aliphatic rings. The first kappa shape index (κ1) is 14.1. The van der Waals surface area contributed by atoms with Crippen molar-refractivity contribution in [1.29, 1.82) is 0 Å². The first-order valence-electron chi connectivity index (χ1n) is 6.45. The van der Waals surface area contributed by atoms with E-state index in [9.17, 15) is 9.90 Å². The van der Waals surface area contributed by atoms with Gasteiger partial charge >= 0.3 is 0 Å². The molecule has 2 aromatic rings. The minimum atomic E-state index is -0.477. The number of amides is 1. The number of aliphatic hydroxyl groups is 1. The molecule has 6 nitrogen and oxygen atoms in total. The van der Waals surface area contributed by atoms with E-state index in [4.69, 9.17) is 5.73 Å². The van der Waals surface area contributed by atoms with Gasteiger partial charge in [-0.05, 0) is 12.5 Å². The lowest BCUT2D eigenvalue weighted by molar-refractivity contribution is 0.0911. The van der Waals surface area contributed by atoms with Gasteiger partial charge in [-0.2, -0.15) is 5.10 Å². The van der Waals surface area contributed by atoms with Crippen LogP contribution in [0.1, 0.15) is 29.0 Å². The Labute approximate surface area is 117 Å². The Morgan fingerprint density at radius 2 is 2.15 bits per heavy atom. The summed E-state index contributed by atoms with van der Waals surface area (Å²) in [6.45, 7) is 2.36. The summed E-state index contributed by atoms with van der Waals surface area (Å²) in [5.74, 6) is -0.391. The molecule has 0 aliphatic heterocycles. The van der Waals surface area contributed by atoms with E-state index < -0.39 is 11.9 Å². The molecular formula is C14H18N4O2. The van der Waals surface area contributed by atoms with E-state index in [1.54, 1.807) is 10.9 Å². The fourth-order valence-electron chi connectivity index (χ4n) is 1.92. The van der Waals surface area contributed by atoms with Crippen LogP contribution in [-0.4, -0.2) is 27.4 Å². The second-order valence-corrected chi connectivity index (χ2v) is 4.41. The summed E-state index contributed by atoms with van der Waals surface area (Å²) in [6.07, 6.45) is 1.62. The molecule has 1 amide bonds. The summed E-state index contributed by atoms with van der Waals surface area (Å²) in [5.41, 5.74) is 7.11. The molecule has 0 saturated heterocycles. The highest BCUT2D eigenvalue weighted by Gasteiger charge is 2.19. The largest absolute Gasteiger partial charge is 0.396 e. The number of hydrogen-bond acceptors (Lipinski definition) is 4. The van der Waals surface area contributed by atoms with Crippen LogP contribution in [-0.2, 0) is 6.54 Å². The predicted molar refractivity (Wildman–Crippen MR) is 76.0 cm³/mol. The number of carbonyl (C=O) groups is 1. The van der Waals surface area contributed by atoms with E-state index in [-0.39, 0.29) is 12.3 Å². The van der Waals surface area contributed by atoms with Crippen LogP contribution >= 0.6 is 0 Å². The van der Waals surface area contributed by atoms with Crippen molar-refractivity contribution in [2.75, 3.05) is 12.3 Å². The molecule has 0 bridgehead atoms. The summed E-state index contributed by atoms with van der Waals surface area (Å²) in [5, 5.41) is 16.3. The average Bonchev–Trinajstić information content (AvgIpc) is 2.86. The Balaban J connectivity index is 2.15. The lowest BCUT2D eigenvalue weighted by Crippen LogP contribution is -2.31. The molecule has 1 aromatic carbocycles. The number of aromatic nitrogens is 2. The zero-order valence-electron chi connectivity index (χ0n) is 11.3. The SMILES string of the molecule is CCn1cc(N)c(C(=O)N[C@@H](CO)c2ccccc2)n1. The van der Waals surface area contributed by atoms with Crippen molar-refractivity contribution in [2.24, 2.45) is 0 Å². The van der Waals surface area contributed by atoms with Gasteiger partial charge in [0.25, 0.3) is 5.91 Å². The van der Waals surface area contributed by atoms with Crippen molar-refractivity contribution in [3.05, 3.63) is 47.8 Å². The van der Waals surface area contributed by atoms with Gasteiger partial charge in [0.15, 0.2) is 5.69 Å². The maximum Gasteiger partial charge on any atom is 0.274 e. The molecule has 0 aliphatic carbocycles. The number of carbonyl (C=O) groups excluding carboxylic acids is 1. The third kappa shape index (κ3) is 2.97. The van der Waals surface area contributed by atoms with E-state index >= 15 is 0 Å². The highest BCUT2D eigenvalue weighted by Crippen LogP contribution is 2.14. The van der Waals surface area contributed by atoms with Gasteiger partial charge in [-0.1, -0.05) is 30.3 Å². The van der Waals surface area contributed by atoms with Gasteiger partial charge in [0.1, 0.15) is 0 Å². The Morgan fingerprint density at radius 1 is 1.45 bits per heavy atom. The minimum Gasteiger partial charge on any atom is -0.396 e. The van der Waals surface area contributed by atoms with Crippen molar-refractivity contribution in [2.45, 2.75) is 19.5 Å². The average molecular weight is 274 g/mol. The minimum absolute atomic E-state index is 0.182. The van der Waals surface area contributed by atoms with Crippen molar-refractivity contribution in [3.63, 3.8) is 0 Å². The fourth-order valence-corrected chi connectivity index (χ4v) is 1.92. The molecule has 1 atom stereocenters. The standard InChI is InChI=1S/C14H18N4O2/c1-2-18-8-11(15)13(17-18)14(20)16-12(9-19)10-6-4-3-5-7-10/h3-8,12,19H,2,9,15H2,1H3,(H,16,20)/t12-/m0/s1. The molecule has 0 saturated carbocycles. The summed E-state index contributed by atoms with van der Waals surface area (Å²) in [4.78, 5) is 12.2. The number of benzene rings is 1. The van der Waals surface area contributed by atoms with Crippen LogP contribution < -0.4 is 11.1 Å². The Bertz CT molecular complexity index is 580. The van der Waals surface area contributed by atoms with Gasteiger partial charge in [-0.3, -0.25) is 9.48 Å². The number of aliphatic hydroxyl groups excluding tert-OH is 1. The monoisotopic (exact) mass is 274 g/mol. The van der Waals surface area contributed by atoms with Crippen LogP contribution in [0.3, 0.4) is 0 Å². The molecule has 2 rings (SSSR count). The van der Waals surface area contributed by atoms with Gasteiger partial charge < -0.3 is 16.2 Å². The van der Waals surface area contributed by atoms with E-state index in [1.165, 1.54) is 0 Å². The summed E-state index contributed by atoms with van der Waals surface area (Å²) >= 11 is 0. The van der Waals surface area contributed by atoms with E-state index in [0.717, 1.165) is 5.56 Å². The summed E-state index contributed by atoms with van der Waals surface area (Å²) in [6, 6.07) is 8.79. The van der Waals surface area contributed by atoms with Crippen LogP contribution in [0, 0.1) is 0 Å². The number of nitrogen functional groups attached to an aromatic ring is 1. The van der Waals surface area contributed by atoms with Gasteiger partial charge in [0.05, 0.1) is 18.3 Å². The van der Waals surface area contributed by atoms with Gasteiger partial charge in [0.2, 0.25) is 0 Å². The molecule has 6 heteroatoms. The fraction of sp³-hybridized carbons (Fsp3) is 0.286. The molecule has 0 unspecified atom stereocenters. The van der Waals surface area contributed by atoms with E-state index in [2.05, 4.69) is 10.4 Å². The molecule has 106 valence electrons.